The van der Waals surface area contributed by atoms with Gasteiger partial charge in [-0.05, 0) is 58.2 Å². The molecule has 0 aromatic heterocycles. The number of benzene rings is 1. The first-order valence-corrected chi connectivity index (χ1v) is 7.08. The number of allylic oxidation sites excluding steroid dienone is 2. The minimum Gasteiger partial charge on any atom is -0.507 e. The molecular weight excluding hydrogens is 236 g/mol. The van der Waals surface area contributed by atoms with Crippen molar-refractivity contribution in [3.63, 3.8) is 0 Å². The lowest BCUT2D eigenvalue weighted by atomic mass is 9.68. The summed E-state index contributed by atoms with van der Waals surface area (Å²) in [4.78, 5) is 0. The molecule has 0 amide bonds. The highest BCUT2D eigenvalue weighted by Gasteiger charge is 2.45. The fourth-order valence-electron chi connectivity index (χ4n) is 3.66. The largest absolute Gasteiger partial charge is 0.507 e. The summed E-state index contributed by atoms with van der Waals surface area (Å²) < 4.78 is 6.20. The molecule has 102 valence electrons. The van der Waals surface area contributed by atoms with Crippen LogP contribution in [-0.4, -0.2) is 10.7 Å². The minimum atomic E-state index is -0.172. The topological polar surface area (TPSA) is 29.5 Å². The van der Waals surface area contributed by atoms with E-state index in [1.54, 1.807) is 0 Å². The zero-order valence-electron chi connectivity index (χ0n) is 12.2. The van der Waals surface area contributed by atoms with E-state index in [4.69, 9.17) is 4.74 Å². The maximum atomic E-state index is 10.3. The second-order valence-corrected chi connectivity index (χ2v) is 6.59. The van der Waals surface area contributed by atoms with Crippen LogP contribution in [-0.2, 0) is 0 Å². The first kappa shape index (κ1) is 12.6. The average molecular weight is 258 g/mol. The summed E-state index contributed by atoms with van der Waals surface area (Å²) in [5.41, 5.74) is 3.27. The molecule has 1 aliphatic heterocycles. The van der Waals surface area contributed by atoms with Crippen LogP contribution in [0.2, 0.25) is 0 Å². The van der Waals surface area contributed by atoms with Gasteiger partial charge in [0.05, 0.1) is 0 Å². The monoisotopic (exact) mass is 258 g/mol. The average Bonchev–Trinajstić information content (AvgIpc) is 2.25. The Hall–Kier alpha value is -1.44. The first-order valence-electron chi connectivity index (χ1n) is 7.08. The van der Waals surface area contributed by atoms with E-state index in [2.05, 4.69) is 26.8 Å². The van der Waals surface area contributed by atoms with Crippen molar-refractivity contribution in [1.82, 2.24) is 0 Å². The van der Waals surface area contributed by atoms with E-state index in [-0.39, 0.29) is 11.5 Å². The van der Waals surface area contributed by atoms with E-state index in [1.165, 1.54) is 5.57 Å². The summed E-state index contributed by atoms with van der Waals surface area (Å²) in [5, 5.41) is 10.3. The Kier molecular flexibility index (Phi) is 2.67. The Bertz CT molecular complexity index is 555. The van der Waals surface area contributed by atoms with Crippen molar-refractivity contribution in [1.29, 1.82) is 0 Å². The number of hydrogen-bond acceptors (Lipinski definition) is 2. The van der Waals surface area contributed by atoms with E-state index in [0.717, 1.165) is 29.7 Å². The fourth-order valence-corrected chi connectivity index (χ4v) is 3.66. The van der Waals surface area contributed by atoms with Crippen molar-refractivity contribution in [3.05, 3.63) is 34.9 Å². The van der Waals surface area contributed by atoms with Crippen molar-refractivity contribution >= 4 is 0 Å². The number of phenolic OH excluding ortho intramolecular Hbond substituents is 1. The van der Waals surface area contributed by atoms with Gasteiger partial charge in [0.1, 0.15) is 17.1 Å². The molecule has 1 aromatic rings. The summed E-state index contributed by atoms with van der Waals surface area (Å²) in [6.07, 6.45) is 4.59. The zero-order chi connectivity index (χ0) is 13.8. The highest BCUT2D eigenvalue weighted by atomic mass is 16.5. The Labute approximate surface area is 115 Å². The van der Waals surface area contributed by atoms with Crippen molar-refractivity contribution in [2.24, 2.45) is 5.92 Å². The molecule has 2 nitrogen and oxygen atoms in total. The van der Waals surface area contributed by atoms with Crippen molar-refractivity contribution in [2.45, 2.75) is 52.1 Å². The lowest BCUT2D eigenvalue weighted by molar-refractivity contribution is 0.0107. The Morgan fingerprint density at radius 1 is 1.26 bits per heavy atom. The number of aromatic hydroxyl groups is 1. The normalized spacial score (nSPS) is 27.9. The third kappa shape index (κ3) is 1.94. The van der Waals surface area contributed by atoms with Crippen LogP contribution in [0.1, 0.15) is 50.7 Å². The van der Waals surface area contributed by atoms with Gasteiger partial charge in [0.25, 0.3) is 0 Å². The van der Waals surface area contributed by atoms with Crippen LogP contribution in [0.4, 0.5) is 0 Å². The molecule has 3 rings (SSSR count). The van der Waals surface area contributed by atoms with Gasteiger partial charge in [-0.3, -0.25) is 0 Å². The van der Waals surface area contributed by atoms with E-state index < -0.39 is 0 Å². The fraction of sp³-hybridized carbons (Fsp3) is 0.529. The third-order valence-corrected chi connectivity index (χ3v) is 4.61. The molecule has 2 heteroatoms. The molecule has 0 saturated carbocycles. The van der Waals surface area contributed by atoms with Gasteiger partial charge < -0.3 is 9.84 Å². The number of rotatable bonds is 0. The summed E-state index contributed by atoms with van der Waals surface area (Å²) in [6.45, 7) is 8.51. The van der Waals surface area contributed by atoms with E-state index in [1.807, 2.05) is 19.1 Å². The zero-order valence-corrected chi connectivity index (χ0v) is 12.2. The number of hydrogen-bond donors (Lipinski definition) is 1. The molecule has 0 bridgehead atoms. The lowest BCUT2D eigenvalue weighted by Crippen LogP contribution is -2.45. The van der Waals surface area contributed by atoms with E-state index >= 15 is 0 Å². The molecule has 0 saturated heterocycles. The molecule has 0 radical (unpaired) electrons. The molecule has 0 spiro atoms. The molecule has 0 unspecified atom stereocenters. The summed E-state index contributed by atoms with van der Waals surface area (Å²) in [6, 6.07) is 3.89. The minimum absolute atomic E-state index is 0.172. The highest BCUT2D eigenvalue weighted by molar-refractivity contribution is 5.53. The first-order chi connectivity index (χ1) is 8.88. The standard InChI is InChI=1S/C17H22O2/c1-10-5-6-13-12(7-10)16-14(18)8-11(2)9-15(16)19-17(13,3)4/h7-9,12-13,18H,5-6H2,1-4H3/t12-,13+/m0/s1. The van der Waals surface area contributed by atoms with Gasteiger partial charge in [-0.1, -0.05) is 11.6 Å². The van der Waals surface area contributed by atoms with Gasteiger partial charge in [-0.25, -0.2) is 0 Å². The Morgan fingerprint density at radius 3 is 2.74 bits per heavy atom. The van der Waals surface area contributed by atoms with Gasteiger partial charge in [-0.2, -0.15) is 0 Å². The van der Waals surface area contributed by atoms with Crippen LogP contribution in [0.25, 0.3) is 0 Å². The molecule has 19 heavy (non-hydrogen) atoms. The Morgan fingerprint density at radius 2 is 2.00 bits per heavy atom. The number of fused-ring (bicyclic) bond motifs is 3. The Balaban J connectivity index is 2.21. The molecule has 1 N–H and O–H groups in total. The van der Waals surface area contributed by atoms with E-state index in [0.29, 0.717) is 11.7 Å². The van der Waals surface area contributed by atoms with Crippen LogP contribution < -0.4 is 4.74 Å². The van der Waals surface area contributed by atoms with Crippen LogP contribution >= 0.6 is 0 Å². The smallest absolute Gasteiger partial charge is 0.127 e. The quantitative estimate of drug-likeness (QED) is 0.703. The third-order valence-electron chi connectivity index (χ3n) is 4.61. The van der Waals surface area contributed by atoms with Gasteiger partial charge in [0, 0.05) is 17.4 Å². The van der Waals surface area contributed by atoms with Crippen LogP contribution in [0.5, 0.6) is 11.5 Å². The molecule has 1 heterocycles. The lowest BCUT2D eigenvalue weighted by Gasteiger charge is -2.46. The van der Waals surface area contributed by atoms with Crippen molar-refractivity contribution < 1.29 is 9.84 Å². The highest BCUT2D eigenvalue weighted by Crippen LogP contribution is 2.53. The van der Waals surface area contributed by atoms with Crippen molar-refractivity contribution in [2.75, 3.05) is 0 Å². The molecule has 2 atom stereocenters. The maximum Gasteiger partial charge on any atom is 0.127 e. The number of aryl methyl sites for hydroxylation is 1. The predicted octanol–water partition coefficient (Wildman–Crippen LogP) is 4.31. The number of ether oxygens (including phenoxy) is 1. The van der Waals surface area contributed by atoms with Gasteiger partial charge in [-0.15, -0.1) is 0 Å². The van der Waals surface area contributed by atoms with Gasteiger partial charge in [0.15, 0.2) is 0 Å². The molecule has 1 aromatic carbocycles. The van der Waals surface area contributed by atoms with Gasteiger partial charge >= 0.3 is 0 Å². The van der Waals surface area contributed by atoms with Crippen LogP contribution in [0.3, 0.4) is 0 Å². The molecule has 1 aliphatic carbocycles. The summed E-state index contributed by atoms with van der Waals surface area (Å²) in [7, 11) is 0. The van der Waals surface area contributed by atoms with Crippen LogP contribution in [0.15, 0.2) is 23.8 Å². The second-order valence-electron chi connectivity index (χ2n) is 6.59. The predicted molar refractivity (Wildman–Crippen MR) is 76.8 cm³/mol. The van der Waals surface area contributed by atoms with E-state index in [9.17, 15) is 5.11 Å². The van der Waals surface area contributed by atoms with Gasteiger partial charge in [0.2, 0.25) is 0 Å². The summed E-state index contributed by atoms with van der Waals surface area (Å²) >= 11 is 0. The summed E-state index contributed by atoms with van der Waals surface area (Å²) in [5.74, 6) is 1.96. The van der Waals surface area contributed by atoms with Crippen LogP contribution in [0, 0.1) is 12.8 Å². The SMILES string of the molecule is CC1=C[C@@H]2c3c(O)cc(C)cc3OC(C)(C)[C@@H]2CC1. The number of phenols is 1. The van der Waals surface area contributed by atoms with Crippen molar-refractivity contribution in [3.8, 4) is 11.5 Å². The maximum absolute atomic E-state index is 10.3. The molecule has 2 aliphatic rings. The molecular formula is C17H22O2. The molecule has 0 fully saturated rings. The second kappa shape index (κ2) is 4.03.